The number of hydrogen-bond donors (Lipinski definition) is 1. The van der Waals surface area contributed by atoms with Gasteiger partial charge in [0, 0.05) is 12.5 Å². The minimum absolute atomic E-state index is 0.182. The number of terminal acetylenes is 1. The molecule has 1 N–H and O–H groups in total. The van der Waals surface area contributed by atoms with Crippen LogP contribution in [-0.2, 0) is 0 Å². The largest absolute Gasteiger partial charge is 0.315 e. The Kier molecular flexibility index (Phi) is 5.46. The Morgan fingerprint density at radius 3 is 2.38 bits per heavy atom. The molecule has 0 bridgehead atoms. The van der Waals surface area contributed by atoms with E-state index in [4.69, 9.17) is 11.7 Å². The van der Waals surface area contributed by atoms with Gasteiger partial charge in [-0.3, -0.25) is 0 Å². The van der Waals surface area contributed by atoms with Crippen LogP contribution in [0.2, 0.25) is 19.6 Å². The summed E-state index contributed by atoms with van der Waals surface area (Å²) in [6.07, 6.45) is 7.40. The summed E-state index contributed by atoms with van der Waals surface area (Å²) in [4.78, 5) is 0. The monoisotopic (exact) mass is 194 g/mol. The number of rotatable bonds is 5. The van der Waals surface area contributed by atoms with Gasteiger partial charge in [-0.25, -0.2) is 0 Å². The summed E-state index contributed by atoms with van der Waals surface area (Å²) in [6.45, 7) is 6.87. The fourth-order valence-electron chi connectivity index (χ4n) is 0.919. The van der Waals surface area contributed by atoms with Crippen molar-refractivity contribution in [1.29, 1.82) is 5.26 Å². The van der Waals surface area contributed by atoms with Gasteiger partial charge in [-0.05, 0) is 6.17 Å². The lowest BCUT2D eigenvalue weighted by Crippen LogP contribution is -2.41. The van der Waals surface area contributed by atoms with Crippen molar-refractivity contribution < 1.29 is 0 Å². The third-order valence-corrected chi connectivity index (χ3v) is 2.89. The summed E-state index contributed by atoms with van der Waals surface area (Å²) in [5.41, 5.74) is 0. The highest BCUT2D eigenvalue weighted by atomic mass is 28.3. The highest BCUT2D eigenvalue weighted by molar-refractivity contribution is 6.76. The van der Waals surface area contributed by atoms with Crippen LogP contribution in [0.1, 0.15) is 12.8 Å². The SMILES string of the molecule is C#CCC(CC#N)NC[Si](C)(C)C. The maximum absolute atomic E-state index is 8.55. The van der Waals surface area contributed by atoms with E-state index in [0.29, 0.717) is 12.8 Å². The van der Waals surface area contributed by atoms with Crippen LogP contribution < -0.4 is 5.32 Å². The van der Waals surface area contributed by atoms with Crippen LogP contribution in [0.15, 0.2) is 0 Å². The van der Waals surface area contributed by atoms with Crippen molar-refractivity contribution >= 4 is 8.07 Å². The van der Waals surface area contributed by atoms with Crippen LogP contribution in [-0.4, -0.2) is 20.3 Å². The first-order valence-corrected chi connectivity index (χ1v) is 8.24. The van der Waals surface area contributed by atoms with E-state index in [1.54, 1.807) is 0 Å². The number of hydrogen-bond acceptors (Lipinski definition) is 2. The van der Waals surface area contributed by atoms with Gasteiger partial charge in [0.05, 0.1) is 20.6 Å². The van der Waals surface area contributed by atoms with Gasteiger partial charge in [0.15, 0.2) is 0 Å². The fourth-order valence-corrected chi connectivity index (χ4v) is 1.82. The summed E-state index contributed by atoms with van der Waals surface area (Å²) in [7, 11) is -1.07. The molecule has 0 amide bonds. The Labute approximate surface area is 82.3 Å². The summed E-state index contributed by atoms with van der Waals surface area (Å²) in [6, 6.07) is 2.33. The van der Waals surface area contributed by atoms with Crippen molar-refractivity contribution in [3.8, 4) is 18.4 Å². The molecule has 72 valence electrons. The van der Waals surface area contributed by atoms with Gasteiger partial charge >= 0.3 is 0 Å². The third-order valence-electron chi connectivity index (χ3n) is 1.62. The molecular formula is C10H18N2Si. The third kappa shape index (κ3) is 7.58. The molecule has 1 unspecified atom stereocenters. The van der Waals surface area contributed by atoms with Crippen LogP contribution in [0.3, 0.4) is 0 Å². The lowest BCUT2D eigenvalue weighted by atomic mass is 10.2. The topological polar surface area (TPSA) is 35.8 Å². The normalized spacial score (nSPS) is 13.0. The molecule has 2 nitrogen and oxygen atoms in total. The summed E-state index contributed by atoms with van der Waals surface area (Å²) < 4.78 is 0. The van der Waals surface area contributed by atoms with E-state index in [9.17, 15) is 0 Å². The maximum atomic E-state index is 8.55. The van der Waals surface area contributed by atoms with Gasteiger partial charge in [0.1, 0.15) is 0 Å². The van der Waals surface area contributed by atoms with E-state index >= 15 is 0 Å². The molecular weight excluding hydrogens is 176 g/mol. The second kappa shape index (κ2) is 5.80. The minimum atomic E-state index is -1.07. The zero-order valence-corrected chi connectivity index (χ0v) is 9.72. The molecule has 0 aromatic rings. The smallest absolute Gasteiger partial charge is 0.0638 e. The molecule has 0 aliphatic carbocycles. The van der Waals surface area contributed by atoms with Crippen molar-refractivity contribution in [2.75, 3.05) is 6.17 Å². The molecule has 0 heterocycles. The molecule has 0 aromatic carbocycles. The predicted molar refractivity (Wildman–Crippen MR) is 58.8 cm³/mol. The minimum Gasteiger partial charge on any atom is -0.315 e. The standard InChI is InChI=1S/C10H18N2Si/c1-5-6-10(7-8-11)12-9-13(2,3)4/h1,10,12H,6-7,9H2,2-4H3. The predicted octanol–water partition coefficient (Wildman–Crippen LogP) is 1.76. The second-order valence-electron chi connectivity index (χ2n) is 4.41. The Morgan fingerprint density at radius 2 is 2.00 bits per heavy atom. The number of nitrogens with one attached hydrogen (secondary N) is 1. The number of nitrogens with zero attached hydrogens (tertiary/aromatic N) is 1. The molecule has 0 rings (SSSR count). The first kappa shape index (κ1) is 12.2. The van der Waals surface area contributed by atoms with Gasteiger partial charge in [-0.15, -0.1) is 12.3 Å². The molecule has 3 heteroatoms. The lowest BCUT2D eigenvalue weighted by molar-refractivity contribution is 0.570. The molecule has 0 aliphatic heterocycles. The van der Waals surface area contributed by atoms with Crippen LogP contribution in [0.5, 0.6) is 0 Å². The zero-order chi connectivity index (χ0) is 10.3. The van der Waals surface area contributed by atoms with Crippen molar-refractivity contribution in [2.45, 2.75) is 38.5 Å². The molecule has 0 aliphatic rings. The quantitative estimate of drug-likeness (QED) is 0.535. The first-order chi connectivity index (χ1) is 5.99. The van der Waals surface area contributed by atoms with Gasteiger partial charge in [-0.1, -0.05) is 19.6 Å². The van der Waals surface area contributed by atoms with Gasteiger partial charge < -0.3 is 5.32 Å². The average molecular weight is 194 g/mol. The first-order valence-electron chi connectivity index (χ1n) is 4.53. The Balaban J connectivity index is 3.85. The van der Waals surface area contributed by atoms with Gasteiger partial charge in [0.2, 0.25) is 0 Å². The van der Waals surface area contributed by atoms with Crippen molar-refractivity contribution in [3.63, 3.8) is 0 Å². The maximum Gasteiger partial charge on any atom is 0.0638 e. The lowest BCUT2D eigenvalue weighted by Gasteiger charge is -2.20. The van der Waals surface area contributed by atoms with E-state index in [2.05, 4.69) is 36.9 Å². The molecule has 0 saturated heterocycles. The average Bonchev–Trinajstić information content (AvgIpc) is 2.00. The Morgan fingerprint density at radius 1 is 1.38 bits per heavy atom. The molecule has 0 saturated carbocycles. The van der Waals surface area contributed by atoms with Crippen molar-refractivity contribution in [3.05, 3.63) is 0 Å². The van der Waals surface area contributed by atoms with Crippen LogP contribution in [0, 0.1) is 23.7 Å². The Bertz CT molecular complexity index is 201. The molecule has 0 spiro atoms. The molecule has 0 aromatic heterocycles. The van der Waals surface area contributed by atoms with E-state index < -0.39 is 8.07 Å². The van der Waals surface area contributed by atoms with E-state index in [1.807, 2.05) is 0 Å². The Hall–Kier alpha value is -0.773. The number of nitriles is 1. The van der Waals surface area contributed by atoms with Crippen LogP contribution >= 0.6 is 0 Å². The molecule has 0 fully saturated rings. The zero-order valence-electron chi connectivity index (χ0n) is 8.72. The van der Waals surface area contributed by atoms with Gasteiger partial charge in [-0.2, -0.15) is 5.26 Å². The molecule has 1 atom stereocenters. The molecule has 0 radical (unpaired) electrons. The fraction of sp³-hybridized carbons (Fsp3) is 0.700. The van der Waals surface area contributed by atoms with E-state index in [0.717, 1.165) is 6.17 Å². The van der Waals surface area contributed by atoms with Crippen molar-refractivity contribution in [2.24, 2.45) is 0 Å². The summed E-state index contributed by atoms with van der Waals surface area (Å²) in [5, 5.41) is 11.9. The van der Waals surface area contributed by atoms with Crippen molar-refractivity contribution in [1.82, 2.24) is 5.32 Å². The van der Waals surface area contributed by atoms with E-state index in [-0.39, 0.29) is 6.04 Å². The molecule has 13 heavy (non-hydrogen) atoms. The van der Waals surface area contributed by atoms with Gasteiger partial charge in [0.25, 0.3) is 0 Å². The highest BCUT2D eigenvalue weighted by Crippen LogP contribution is 2.01. The van der Waals surface area contributed by atoms with Crippen LogP contribution in [0.25, 0.3) is 0 Å². The van der Waals surface area contributed by atoms with E-state index in [1.165, 1.54) is 0 Å². The second-order valence-corrected chi connectivity index (χ2v) is 9.88. The van der Waals surface area contributed by atoms with Crippen LogP contribution in [0.4, 0.5) is 0 Å². The summed E-state index contributed by atoms with van der Waals surface area (Å²) in [5.74, 6) is 2.59. The highest BCUT2D eigenvalue weighted by Gasteiger charge is 2.15. The summed E-state index contributed by atoms with van der Waals surface area (Å²) >= 11 is 0.